The van der Waals surface area contributed by atoms with E-state index in [2.05, 4.69) is 73.0 Å². The molecule has 1 amide bonds. The third kappa shape index (κ3) is 3.54. The van der Waals surface area contributed by atoms with Gasteiger partial charge in [-0.15, -0.1) is 0 Å². The third-order valence-corrected chi connectivity index (χ3v) is 6.70. The molecule has 1 atom stereocenters. The zero-order valence-electron chi connectivity index (χ0n) is 17.4. The lowest BCUT2D eigenvalue weighted by atomic mass is 10.0. The highest BCUT2D eigenvalue weighted by Crippen LogP contribution is 2.34. The SMILES string of the molecule is O=C(C1CC1)N1CC[C@@H](CC2=NNCN2c2ccc(-c3ccc4cn[nH]c4c3)cc2)C1. The molecule has 3 aromatic rings. The van der Waals surface area contributed by atoms with Gasteiger partial charge in [0, 0.05) is 36.5 Å². The number of carbonyl (C=O) groups excluding carboxylic acids is 1. The molecule has 1 aromatic heterocycles. The van der Waals surface area contributed by atoms with Crippen molar-refractivity contribution in [1.82, 2.24) is 20.5 Å². The molecule has 158 valence electrons. The van der Waals surface area contributed by atoms with Crippen LogP contribution in [0.1, 0.15) is 25.7 Å². The Hall–Kier alpha value is -3.35. The van der Waals surface area contributed by atoms with Crippen molar-refractivity contribution >= 4 is 28.3 Å². The summed E-state index contributed by atoms with van der Waals surface area (Å²) in [6.45, 7) is 2.46. The van der Waals surface area contributed by atoms with E-state index in [1.807, 2.05) is 6.20 Å². The summed E-state index contributed by atoms with van der Waals surface area (Å²) in [6, 6.07) is 15.0. The molecule has 1 saturated heterocycles. The van der Waals surface area contributed by atoms with Gasteiger partial charge >= 0.3 is 0 Å². The van der Waals surface area contributed by atoms with Gasteiger partial charge in [0.1, 0.15) is 12.5 Å². The molecule has 0 bridgehead atoms. The molecule has 7 heteroatoms. The second kappa shape index (κ2) is 7.41. The minimum Gasteiger partial charge on any atom is -0.342 e. The van der Waals surface area contributed by atoms with Crippen LogP contribution in [0.5, 0.6) is 0 Å². The summed E-state index contributed by atoms with van der Waals surface area (Å²) in [7, 11) is 0. The quantitative estimate of drug-likeness (QED) is 0.669. The van der Waals surface area contributed by atoms with E-state index in [1.54, 1.807) is 0 Å². The molecule has 0 unspecified atom stereocenters. The molecule has 2 aromatic carbocycles. The molecule has 0 radical (unpaired) electrons. The molecule has 1 saturated carbocycles. The van der Waals surface area contributed by atoms with Gasteiger partial charge in [0.2, 0.25) is 5.91 Å². The second-order valence-corrected chi connectivity index (χ2v) is 8.91. The number of amidine groups is 1. The number of hydrazone groups is 1. The summed E-state index contributed by atoms with van der Waals surface area (Å²) < 4.78 is 0. The highest BCUT2D eigenvalue weighted by atomic mass is 16.2. The van der Waals surface area contributed by atoms with E-state index >= 15 is 0 Å². The molecule has 31 heavy (non-hydrogen) atoms. The average molecular weight is 415 g/mol. The topological polar surface area (TPSA) is 76.6 Å². The summed E-state index contributed by atoms with van der Waals surface area (Å²) in [5, 5.41) is 12.8. The molecular weight excluding hydrogens is 388 g/mol. The number of anilines is 1. The van der Waals surface area contributed by atoms with Crippen molar-refractivity contribution in [2.45, 2.75) is 25.7 Å². The number of nitrogens with zero attached hydrogens (tertiary/aromatic N) is 4. The maximum absolute atomic E-state index is 12.3. The van der Waals surface area contributed by atoms with Crippen LogP contribution in [0.4, 0.5) is 5.69 Å². The predicted molar refractivity (Wildman–Crippen MR) is 121 cm³/mol. The first kappa shape index (κ1) is 18.4. The number of H-pyrrole nitrogens is 1. The van der Waals surface area contributed by atoms with Gasteiger partial charge in [0.05, 0.1) is 11.7 Å². The average Bonchev–Trinajstić information content (AvgIpc) is 3.17. The summed E-state index contributed by atoms with van der Waals surface area (Å²) in [5.41, 5.74) is 7.67. The minimum absolute atomic E-state index is 0.313. The maximum Gasteiger partial charge on any atom is 0.225 e. The lowest BCUT2D eigenvalue weighted by Crippen LogP contribution is -2.32. The van der Waals surface area contributed by atoms with Gasteiger partial charge in [0.15, 0.2) is 0 Å². The van der Waals surface area contributed by atoms with Crippen molar-refractivity contribution in [1.29, 1.82) is 0 Å². The zero-order valence-corrected chi connectivity index (χ0v) is 17.4. The number of nitrogens with one attached hydrogen (secondary N) is 2. The Morgan fingerprint density at radius 1 is 1.06 bits per heavy atom. The number of aromatic amines is 1. The van der Waals surface area contributed by atoms with Crippen LogP contribution < -0.4 is 10.3 Å². The number of rotatable bonds is 5. The lowest BCUT2D eigenvalue weighted by Gasteiger charge is -2.22. The van der Waals surface area contributed by atoms with E-state index in [-0.39, 0.29) is 0 Å². The van der Waals surface area contributed by atoms with Gasteiger partial charge in [-0.25, -0.2) is 0 Å². The number of fused-ring (bicyclic) bond motifs is 1. The number of carbonyl (C=O) groups is 1. The molecule has 2 N–H and O–H groups in total. The Labute approximate surface area is 181 Å². The summed E-state index contributed by atoms with van der Waals surface area (Å²) in [6.07, 6.45) is 5.97. The summed E-state index contributed by atoms with van der Waals surface area (Å²) in [5.74, 6) is 2.24. The van der Waals surface area contributed by atoms with Crippen LogP contribution in [0.3, 0.4) is 0 Å². The van der Waals surface area contributed by atoms with Crippen LogP contribution in [0, 0.1) is 11.8 Å². The first-order valence-corrected chi connectivity index (χ1v) is 11.1. The number of aromatic nitrogens is 2. The van der Waals surface area contributed by atoms with Crippen LogP contribution in [0.2, 0.25) is 0 Å². The number of benzene rings is 2. The van der Waals surface area contributed by atoms with Crippen molar-refractivity contribution in [3.63, 3.8) is 0 Å². The zero-order chi connectivity index (χ0) is 20.8. The highest BCUT2D eigenvalue weighted by molar-refractivity contribution is 5.99. The Balaban J connectivity index is 1.14. The van der Waals surface area contributed by atoms with Gasteiger partial charge in [-0.1, -0.05) is 24.3 Å². The normalized spacial score (nSPS) is 20.9. The Morgan fingerprint density at radius 2 is 1.90 bits per heavy atom. The van der Waals surface area contributed by atoms with Crippen LogP contribution in [0.15, 0.2) is 53.8 Å². The van der Waals surface area contributed by atoms with Gasteiger partial charge in [-0.3, -0.25) is 15.3 Å². The number of likely N-dealkylation sites (tertiary alicyclic amines) is 1. The van der Waals surface area contributed by atoms with E-state index in [4.69, 9.17) is 0 Å². The van der Waals surface area contributed by atoms with Gasteiger partial charge in [-0.2, -0.15) is 10.2 Å². The highest BCUT2D eigenvalue weighted by Gasteiger charge is 2.37. The molecule has 7 nitrogen and oxygen atoms in total. The fraction of sp³-hybridized carbons (Fsp3) is 0.375. The van der Waals surface area contributed by atoms with Crippen molar-refractivity contribution in [2.75, 3.05) is 24.7 Å². The van der Waals surface area contributed by atoms with E-state index in [1.165, 1.54) is 11.1 Å². The smallest absolute Gasteiger partial charge is 0.225 e. The maximum atomic E-state index is 12.3. The molecule has 2 fully saturated rings. The van der Waals surface area contributed by atoms with Gasteiger partial charge in [-0.05, 0) is 54.5 Å². The van der Waals surface area contributed by atoms with Crippen LogP contribution in [-0.2, 0) is 4.79 Å². The Morgan fingerprint density at radius 3 is 2.74 bits per heavy atom. The molecule has 2 aliphatic heterocycles. The summed E-state index contributed by atoms with van der Waals surface area (Å²) in [4.78, 5) is 16.7. The molecular formula is C24H26N6O. The Bertz CT molecular complexity index is 1150. The van der Waals surface area contributed by atoms with Gasteiger partial charge < -0.3 is 9.80 Å². The largest absolute Gasteiger partial charge is 0.342 e. The first-order valence-electron chi connectivity index (χ1n) is 11.1. The molecule has 3 heterocycles. The van der Waals surface area contributed by atoms with Crippen LogP contribution in [-0.4, -0.2) is 46.6 Å². The molecule has 3 aliphatic rings. The molecule has 0 spiro atoms. The fourth-order valence-electron chi connectivity index (χ4n) is 4.74. The van der Waals surface area contributed by atoms with Gasteiger partial charge in [0.25, 0.3) is 0 Å². The number of hydrogen-bond donors (Lipinski definition) is 2. The fourth-order valence-corrected chi connectivity index (χ4v) is 4.74. The lowest BCUT2D eigenvalue weighted by molar-refractivity contribution is -0.131. The second-order valence-electron chi connectivity index (χ2n) is 8.91. The van der Waals surface area contributed by atoms with E-state index in [0.717, 1.165) is 61.2 Å². The summed E-state index contributed by atoms with van der Waals surface area (Å²) >= 11 is 0. The van der Waals surface area contributed by atoms with Crippen molar-refractivity contribution in [2.24, 2.45) is 16.9 Å². The van der Waals surface area contributed by atoms with Crippen molar-refractivity contribution < 1.29 is 4.79 Å². The van der Waals surface area contributed by atoms with Crippen LogP contribution in [0.25, 0.3) is 22.0 Å². The van der Waals surface area contributed by atoms with E-state index in [0.29, 0.717) is 24.4 Å². The standard InChI is InChI=1S/C24H26N6O/c31-24(18-1-2-18)29-10-9-16(14-29)11-23-28-26-15-30(23)21-7-5-17(6-8-21)19-3-4-20-13-25-27-22(20)12-19/h3-8,12-13,16,18,26H,1-2,9-11,14-15H2,(H,25,27)/t16-/m0/s1. The number of amides is 1. The first-order chi connectivity index (χ1) is 15.2. The minimum atomic E-state index is 0.313. The van der Waals surface area contributed by atoms with Crippen molar-refractivity contribution in [3.05, 3.63) is 48.7 Å². The number of hydrogen-bond acceptors (Lipinski definition) is 5. The molecule has 6 rings (SSSR count). The Kier molecular flexibility index (Phi) is 4.40. The predicted octanol–water partition coefficient (Wildman–Crippen LogP) is 3.56. The monoisotopic (exact) mass is 414 g/mol. The van der Waals surface area contributed by atoms with E-state index < -0.39 is 0 Å². The van der Waals surface area contributed by atoms with E-state index in [9.17, 15) is 4.79 Å². The molecule has 1 aliphatic carbocycles. The van der Waals surface area contributed by atoms with Crippen LogP contribution >= 0.6 is 0 Å². The van der Waals surface area contributed by atoms with Crippen molar-refractivity contribution in [3.8, 4) is 11.1 Å². The third-order valence-electron chi connectivity index (χ3n) is 6.70.